The van der Waals surface area contributed by atoms with E-state index in [9.17, 15) is 13.2 Å². The van der Waals surface area contributed by atoms with Crippen molar-refractivity contribution < 1.29 is 17.6 Å². The molecular formula is C16H19N3O4S2. The smallest absolute Gasteiger partial charge is 0.277 e. The highest BCUT2D eigenvalue weighted by atomic mass is 32.2. The van der Waals surface area contributed by atoms with Crippen LogP contribution in [-0.2, 0) is 14.6 Å². The Morgan fingerprint density at radius 2 is 2.12 bits per heavy atom. The van der Waals surface area contributed by atoms with Gasteiger partial charge in [-0.1, -0.05) is 30.0 Å². The van der Waals surface area contributed by atoms with Gasteiger partial charge >= 0.3 is 0 Å². The van der Waals surface area contributed by atoms with Crippen LogP contribution < -0.4 is 5.32 Å². The van der Waals surface area contributed by atoms with Crippen molar-refractivity contribution in [2.45, 2.75) is 36.8 Å². The Labute approximate surface area is 150 Å². The summed E-state index contributed by atoms with van der Waals surface area (Å²) in [5.74, 6) is 0.314. The monoisotopic (exact) mass is 381 g/mol. The second kappa shape index (κ2) is 7.17. The average molecular weight is 381 g/mol. The minimum atomic E-state index is -3.02. The molecule has 2 heterocycles. The fourth-order valence-corrected chi connectivity index (χ4v) is 4.98. The van der Waals surface area contributed by atoms with E-state index in [-0.39, 0.29) is 23.5 Å². The number of carbonyl (C=O) groups excluding carboxylic acids is 1. The molecule has 7 nitrogen and oxygen atoms in total. The summed E-state index contributed by atoms with van der Waals surface area (Å²) in [7, 11) is -3.02. The molecule has 0 radical (unpaired) electrons. The van der Waals surface area contributed by atoms with Crippen molar-refractivity contribution in [3.05, 3.63) is 29.8 Å². The topological polar surface area (TPSA) is 102 Å². The molecule has 1 aromatic carbocycles. The average Bonchev–Trinajstić information content (AvgIpc) is 3.14. The van der Waals surface area contributed by atoms with Gasteiger partial charge in [0.05, 0.1) is 16.8 Å². The van der Waals surface area contributed by atoms with Gasteiger partial charge in [-0.3, -0.25) is 4.79 Å². The number of amides is 1. The molecule has 1 aliphatic rings. The highest BCUT2D eigenvalue weighted by Gasteiger charge is 2.30. The molecule has 0 unspecified atom stereocenters. The molecule has 1 aliphatic heterocycles. The van der Waals surface area contributed by atoms with Gasteiger partial charge in [-0.25, -0.2) is 8.42 Å². The maximum Gasteiger partial charge on any atom is 0.277 e. The Bertz CT molecular complexity index is 879. The standard InChI is InChI=1S/C16H19N3O4S2/c1-10-5-3-4-6-13(10)15-18-19-16(23-15)24-11(2)14(20)17-12-7-8-25(21,22)9-12/h3-6,11-12H,7-9H2,1-2H3,(H,17,20)/t11-,12+/m0/s1. The molecule has 1 saturated heterocycles. The van der Waals surface area contributed by atoms with E-state index in [1.807, 2.05) is 31.2 Å². The van der Waals surface area contributed by atoms with Crippen LogP contribution in [0.2, 0.25) is 0 Å². The third-order valence-electron chi connectivity index (χ3n) is 4.01. The van der Waals surface area contributed by atoms with Crippen molar-refractivity contribution in [2.24, 2.45) is 0 Å². The summed E-state index contributed by atoms with van der Waals surface area (Å²) >= 11 is 1.15. The molecule has 0 saturated carbocycles. The zero-order valence-electron chi connectivity index (χ0n) is 13.9. The highest BCUT2D eigenvalue weighted by molar-refractivity contribution is 8.00. The van der Waals surface area contributed by atoms with E-state index < -0.39 is 15.1 Å². The fraction of sp³-hybridized carbons (Fsp3) is 0.438. The van der Waals surface area contributed by atoms with Crippen LogP contribution >= 0.6 is 11.8 Å². The number of hydrogen-bond donors (Lipinski definition) is 1. The molecule has 25 heavy (non-hydrogen) atoms. The van der Waals surface area contributed by atoms with Crippen LogP contribution in [0.4, 0.5) is 0 Å². The fourth-order valence-electron chi connectivity index (χ4n) is 2.61. The van der Waals surface area contributed by atoms with Gasteiger partial charge in [0.25, 0.3) is 5.22 Å². The molecule has 3 rings (SSSR count). The summed E-state index contributed by atoms with van der Waals surface area (Å²) in [5, 5.41) is 10.6. The molecule has 1 fully saturated rings. The number of nitrogens with zero attached hydrogens (tertiary/aromatic N) is 2. The first kappa shape index (κ1) is 17.9. The molecule has 1 aromatic heterocycles. The number of carbonyl (C=O) groups is 1. The lowest BCUT2D eigenvalue weighted by atomic mass is 10.1. The maximum atomic E-state index is 12.2. The van der Waals surface area contributed by atoms with Crippen LogP contribution in [0.3, 0.4) is 0 Å². The molecule has 1 N–H and O–H groups in total. The van der Waals surface area contributed by atoms with Crippen LogP contribution in [0.25, 0.3) is 11.5 Å². The first-order chi connectivity index (χ1) is 11.8. The number of nitrogens with one attached hydrogen (secondary N) is 1. The largest absolute Gasteiger partial charge is 0.411 e. The molecule has 0 spiro atoms. The first-order valence-corrected chi connectivity index (χ1v) is 10.6. The highest BCUT2D eigenvalue weighted by Crippen LogP contribution is 2.28. The van der Waals surface area contributed by atoms with E-state index >= 15 is 0 Å². The van der Waals surface area contributed by atoms with Crippen molar-refractivity contribution >= 4 is 27.5 Å². The molecule has 2 aromatic rings. The van der Waals surface area contributed by atoms with Gasteiger partial charge in [-0.2, -0.15) is 0 Å². The van der Waals surface area contributed by atoms with Crippen LogP contribution in [-0.4, -0.2) is 47.3 Å². The Balaban J connectivity index is 1.61. The first-order valence-electron chi connectivity index (χ1n) is 7.91. The second-order valence-corrected chi connectivity index (χ2v) is 9.58. The van der Waals surface area contributed by atoms with Gasteiger partial charge in [0.15, 0.2) is 9.84 Å². The number of hydrogen-bond acceptors (Lipinski definition) is 7. The van der Waals surface area contributed by atoms with E-state index in [1.165, 1.54) is 0 Å². The van der Waals surface area contributed by atoms with E-state index in [2.05, 4.69) is 15.5 Å². The normalized spacial score (nSPS) is 20.3. The van der Waals surface area contributed by atoms with E-state index in [4.69, 9.17) is 4.42 Å². The minimum absolute atomic E-state index is 0.00805. The number of sulfone groups is 1. The molecule has 1 amide bonds. The molecule has 0 aliphatic carbocycles. The molecule has 9 heteroatoms. The quantitative estimate of drug-likeness (QED) is 0.788. The predicted octanol–water partition coefficient (Wildman–Crippen LogP) is 1.83. The predicted molar refractivity (Wildman–Crippen MR) is 95.0 cm³/mol. The minimum Gasteiger partial charge on any atom is -0.411 e. The Morgan fingerprint density at radius 1 is 1.36 bits per heavy atom. The van der Waals surface area contributed by atoms with Gasteiger partial charge in [-0.15, -0.1) is 10.2 Å². The lowest BCUT2D eigenvalue weighted by Gasteiger charge is -2.14. The molecule has 2 atom stereocenters. The van der Waals surface area contributed by atoms with E-state index in [0.29, 0.717) is 17.5 Å². The van der Waals surface area contributed by atoms with Crippen molar-refractivity contribution in [1.82, 2.24) is 15.5 Å². The number of aryl methyl sites for hydroxylation is 1. The lowest BCUT2D eigenvalue weighted by Crippen LogP contribution is -2.39. The van der Waals surface area contributed by atoms with Gasteiger partial charge in [0.1, 0.15) is 0 Å². The summed E-state index contributed by atoms with van der Waals surface area (Å²) in [6, 6.07) is 7.36. The summed E-state index contributed by atoms with van der Waals surface area (Å²) in [5.41, 5.74) is 1.88. The third-order valence-corrected chi connectivity index (χ3v) is 6.71. The van der Waals surface area contributed by atoms with Crippen LogP contribution in [0, 0.1) is 6.92 Å². The van der Waals surface area contributed by atoms with Crippen molar-refractivity contribution in [2.75, 3.05) is 11.5 Å². The van der Waals surface area contributed by atoms with Gasteiger partial charge in [0.2, 0.25) is 11.8 Å². The third kappa shape index (κ3) is 4.40. The summed E-state index contributed by atoms with van der Waals surface area (Å²) in [4.78, 5) is 12.2. The number of rotatable bonds is 5. The second-order valence-electron chi connectivity index (χ2n) is 6.06. The molecule has 134 valence electrons. The van der Waals surface area contributed by atoms with Crippen molar-refractivity contribution in [3.8, 4) is 11.5 Å². The Kier molecular flexibility index (Phi) is 5.14. The summed E-state index contributed by atoms with van der Waals surface area (Å²) < 4.78 is 28.6. The van der Waals surface area contributed by atoms with Crippen LogP contribution in [0.15, 0.2) is 33.9 Å². The number of thioether (sulfide) groups is 1. The SMILES string of the molecule is Cc1ccccc1-c1nnc(S[C@@H](C)C(=O)N[C@@H]2CCS(=O)(=O)C2)o1. The summed E-state index contributed by atoms with van der Waals surface area (Å²) in [6.45, 7) is 3.68. The Morgan fingerprint density at radius 3 is 2.80 bits per heavy atom. The molecular weight excluding hydrogens is 362 g/mol. The van der Waals surface area contributed by atoms with Gasteiger partial charge in [0, 0.05) is 11.6 Å². The number of benzene rings is 1. The van der Waals surface area contributed by atoms with E-state index in [1.54, 1.807) is 6.92 Å². The lowest BCUT2D eigenvalue weighted by molar-refractivity contribution is -0.120. The van der Waals surface area contributed by atoms with Crippen LogP contribution in [0.1, 0.15) is 18.9 Å². The molecule has 0 bridgehead atoms. The maximum absolute atomic E-state index is 12.2. The summed E-state index contributed by atoms with van der Waals surface area (Å²) in [6.07, 6.45) is 0.462. The van der Waals surface area contributed by atoms with Gasteiger partial charge < -0.3 is 9.73 Å². The van der Waals surface area contributed by atoms with Gasteiger partial charge in [-0.05, 0) is 31.9 Å². The van der Waals surface area contributed by atoms with Crippen LogP contribution in [0.5, 0.6) is 0 Å². The number of aromatic nitrogens is 2. The zero-order chi connectivity index (χ0) is 18.0. The van der Waals surface area contributed by atoms with E-state index in [0.717, 1.165) is 22.9 Å². The zero-order valence-corrected chi connectivity index (χ0v) is 15.6. The Hall–Kier alpha value is -1.87. The van der Waals surface area contributed by atoms with Crippen molar-refractivity contribution in [1.29, 1.82) is 0 Å². The van der Waals surface area contributed by atoms with Crippen molar-refractivity contribution in [3.63, 3.8) is 0 Å².